The molecule has 0 bridgehead atoms. The van der Waals surface area contributed by atoms with Crippen LogP contribution in [0.1, 0.15) is 27.7 Å². The monoisotopic (exact) mass is 380 g/mol. The maximum absolute atomic E-state index is 12.0. The normalized spacial score (nSPS) is 15.4. The Bertz CT molecular complexity index is 614. The topological polar surface area (TPSA) is 113 Å². The van der Waals surface area contributed by atoms with Crippen LogP contribution in [0.15, 0.2) is 24.3 Å². The van der Waals surface area contributed by atoms with Crippen LogP contribution in [0.4, 0.5) is 0 Å². The Morgan fingerprint density at radius 3 is 2.33 bits per heavy atom. The molecule has 0 aliphatic carbocycles. The van der Waals surface area contributed by atoms with Crippen molar-refractivity contribution in [3.8, 4) is 5.75 Å². The number of hydrogen-bond donors (Lipinski definition) is 3. The molecule has 24 heavy (non-hydrogen) atoms. The van der Waals surface area contributed by atoms with E-state index in [0.29, 0.717) is 0 Å². The van der Waals surface area contributed by atoms with Crippen LogP contribution < -0.4 is 10.0 Å². The van der Waals surface area contributed by atoms with E-state index >= 15 is 0 Å². The Balaban J connectivity index is 2.93. The predicted molar refractivity (Wildman–Crippen MR) is 95.1 cm³/mol. The third-order valence-electron chi connectivity index (χ3n) is 2.89. The number of carbonyl (C=O) groups is 1. The minimum atomic E-state index is -4.25. The van der Waals surface area contributed by atoms with Crippen molar-refractivity contribution in [2.75, 3.05) is 12.3 Å². The van der Waals surface area contributed by atoms with E-state index in [1.807, 2.05) is 0 Å². The fourth-order valence-corrected chi connectivity index (χ4v) is 5.50. The van der Waals surface area contributed by atoms with E-state index in [-0.39, 0.29) is 23.1 Å². The molecule has 1 atom stereocenters. The minimum absolute atomic E-state index is 0.0128. The third kappa shape index (κ3) is 6.98. The molecule has 0 aromatic heterocycles. The quantitative estimate of drug-likeness (QED) is 0.359. The van der Waals surface area contributed by atoms with E-state index in [9.17, 15) is 24.0 Å². The van der Waals surface area contributed by atoms with E-state index in [4.69, 9.17) is 9.26 Å². The van der Waals surface area contributed by atoms with Gasteiger partial charge in [-0.3, -0.25) is 0 Å². The van der Waals surface area contributed by atoms with Crippen LogP contribution in [0.5, 0.6) is 5.75 Å². The van der Waals surface area contributed by atoms with E-state index in [2.05, 4.69) is 0 Å². The van der Waals surface area contributed by atoms with Crippen LogP contribution in [0.25, 0.3) is 0 Å². The first-order chi connectivity index (χ1) is 10.9. The van der Waals surface area contributed by atoms with Crippen LogP contribution in [-0.2, 0) is 13.9 Å². The average molecular weight is 380 g/mol. The first-order valence-corrected chi connectivity index (χ1v) is 11.5. The van der Waals surface area contributed by atoms with E-state index < -0.39 is 33.5 Å². The predicted octanol–water partition coefficient (Wildman–Crippen LogP) is 2.05. The summed E-state index contributed by atoms with van der Waals surface area (Å²) in [7, 11) is -7.89. The zero-order chi connectivity index (χ0) is 18.5. The molecule has 1 aromatic carbocycles. The molecule has 3 N–H and O–H groups in total. The number of para-hydroxylation sites is 1. The second kappa shape index (κ2) is 8.52. The average Bonchev–Trinajstić information content (AvgIpc) is 2.34. The number of ether oxygens (including phenoxy) is 1. The van der Waals surface area contributed by atoms with Gasteiger partial charge in [0.15, 0.2) is 0 Å². The molecular formula is C15H26O7P2. The van der Waals surface area contributed by atoms with E-state index in [1.54, 1.807) is 39.8 Å². The van der Waals surface area contributed by atoms with Gasteiger partial charge in [-0.25, -0.2) is 0 Å². The molecule has 0 amide bonds. The van der Waals surface area contributed by atoms with Crippen LogP contribution in [0.2, 0.25) is 0 Å². The van der Waals surface area contributed by atoms with Crippen molar-refractivity contribution < 1.29 is 33.3 Å². The molecule has 0 saturated carbocycles. The molecule has 0 heterocycles. The van der Waals surface area contributed by atoms with Gasteiger partial charge in [0, 0.05) is 0 Å². The van der Waals surface area contributed by atoms with Crippen molar-refractivity contribution in [1.29, 1.82) is 0 Å². The molecule has 0 fully saturated rings. The summed E-state index contributed by atoms with van der Waals surface area (Å²) >= 11 is 0. The number of carbonyl (C=O) groups excluding carboxylic acids is 1. The number of benzene rings is 1. The number of esters is 1. The SMILES string of the molecule is CC(C)CP(=O)(O)CC(=O)Oc1ccccc1[PH](O)(O)OC(C)C. The zero-order valence-electron chi connectivity index (χ0n) is 14.3. The van der Waals surface area contributed by atoms with Crippen molar-refractivity contribution in [3.63, 3.8) is 0 Å². The van der Waals surface area contributed by atoms with Crippen LogP contribution >= 0.6 is 15.3 Å². The van der Waals surface area contributed by atoms with Crippen LogP contribution in [0, 0.1) is 5.92 Å². The molecule has 138 valence electrons. The van der Waals surface area contributed by atoms with Gasteiger partial charge in [0.2, 0.25) is 0 Å². The van der Waals surface area contributed by atoms with E-state index in [0.717, 1.165) is 0 Å². The van der Waals surface area contributed by atoms with Crippen molar-refractivity contribution in [3.05, 3.63) is 24.3 Å². The second-order valence-corrected chi connectivity index (χ2v) is 10.7. The summed E-state index contributed by atoms with van der Waals surface area (Å²) in [5.41, 5.74) is 0. The van der Waals surface area contributed by atoms with Crippen molar-refractivity contribution in [2.24, 2.45) is 5.92 Å². The number of rotatable bonds is 8. The number of hydrogen-bond acceptors (Lipinski definition) is 6. The molecule has 0 spiro atoms. The molecule has 0 radical (unpaired) electrons. The Kier molecular flexibility index (Phi) is 7.54. The summed E-state index contributed by atoms with van der Waals surface area (Å²) in [6.45, 7) is 6.86. The molecule has 1 rings (SSSR count). The molecule has 9 heteroatoms. The fraction of sp³-hybridized carbons (Fsp3) is 0.533. The third-order valence-corrected chi connectivity index (χ3v) is 6.86. The Morgan fingerprint density at radius 1 is 1.21 bits per heavy atom. The van der Waals surface area contributed by atoms with Crippen LogP contribution in [-0.4, -0.2) is 39.1 Å². The maximum atomic E-state index is 12.0. The van der Waals surface area contributed by atoms with Gasteiger partial charge in [-0.15, -0.1) is 0 Å². The van der Waals surface area contributed by atoms with E-state index in [1.165, 1.54) is 12.1 Å². The first-order valence-electron chi connectivity index (χ1n) is 7.66. The molecule has 7 nitrogen and oxygen atoms in total. The summed E-state index contributed by atoms with van der Waals surface area (Å²) in [6.07, 6.45) is -1.05. The molecule has 1 unspecified atom stereocenters. The van der Waals surface area contributed by atoms with Gasteiger partial charge in [-0.05, 0) is 0 Å². The van der Waals surface area contributed by atoms with Gasteiger partial charge in [0.1, 0.15) is 0 Å². The first kappa shape index (κ1) is 21.2. The molecule has 1 aromatic rings. The Hall–Kier alpha value is -0.810. The van der Waals surface area contributed by atoms with Gasteiger partial charge in [-0.1, -0.05) is 0 Å². The van der Waals surface area contributed by atoms with Gasteiger partial charge in [0.25, 0.3) is 0 Å². The van der Waals surface area contributed by atoms with Gasteiger partial charge in [-0.2, -0.15) is 0 Å². The van der Waals surface area contributed by atoms with Crippen molar-refractivity contribution in [2.45, 2.75) is 33.8 Å². The van der Waals surface area contributed by atoms with Crippen molar-refractivity contribution >= 4 is 26.6 Å². The summed E-state index contributed by atoms with van der Waals surface area (Å²) in [6, 6.07) is 5.89. The molecule has 0 aliphatic rings. The summed E-state index contributed by atoms with van der Waals surface area (Å²) in [4.78, 5) is 42.1. The van der Waals surface area contributed by atoms with Crippen molar-refractivity contribution in [1.82, 2.24) is 0 Å². The van der Waals surface area contributed by atoms with Gasteiger partial charge >= 0.3 is 142 Å². The molecule has 0 saturated heterocycles. The van der Waals surface area contributed by atoms with Crippen LogP contribution in [0.3, 0.4) is 0 Å². The zero-order valence-corrected chi connectivity index (χ0v) is 16.2. The van der Waals surface area contributed by atoms with Gasteiger partial charge < -0.3 is 0 Å². The second-order valence-electron chi connectivity index (χ2n) is 6.33. The molecular weight excluding hydrogens is 354 g/mol. The summed E-state index contributed by atoms with van der Waals surface area (Å²) in [5.74, 6) is -1.01. The summed E-state index contributed by atoms with van der Waals surface area (Å²) < 4.78 is 22.2. The fourth-order valence-electron chi connectivity index (χ4n) is 2.21. The Morgan fingerprint density at radius 2 is 1.79 bits per heavy atom. The standard InChI is InChI=1S/C15H26O7P2/c1-11(2)9-23(17,18)10-15(16)21-13-7-5-6-8-14(13)24(19,20)22-12(3)4/h5-8,11-12,19-20,24H,9-10H2,1-4H3,(H,17,18). The molecule has 0 aliphatic heterocycles. The Labute approximate surface area is 142 Å². The summed E-state index contributed by atoms with van der Waals surface area (Å²) in [5, 5.41) is -0.0244. The van der Waals surface area contributed by atoms with Gasteiger partial charge in [0.05, 0.1) is 0 Å².